The minimum Gasteiger partial charge on any atom is -0.505 e. The molecule has 1 N–H and O–H groups in total. The molecular formula is C52H53FN6O5. The van der Waals surface area contributed by atoms with Crippen molar-refractivity contribution in [1.29, 1.82) is 0 Å². The maximum Gasteiger partial charge on any atom is 0.410 e. The lowest BCUT2D eigenvalue weighted by atomic mass is 9.77. The van der Waals surface area contributed by atoms with E-state index in [1.807, 2.05) is 98.1 Å². The largest absolute Gasteiger partial charge is 0.505 e. The van der Waals surface area contributed by atoms with Gasteiger partial charge in [0.05, 0.1) is 23.7 Å². The average molecular weight is 861 g/mol. The van der Waals surface area contributed by atoms with Crippen LogP contribution in [0.15, 0.2) is 109 Å². The van der Waals surface area contributed by atoms with Crippen LogP contribution in [-0.4, -0.2) is 86.4 Å². The molecule has 1 aliphatic carbocycles. The normalized spacial score (nSPS) is 18.0. The number of amides is 1. The molecule has 10 rings (SSSR count). The fraction of sp³-hybridized carbons (Fsp3) is 0.346. The molecule has 11 nitrogen and oxygen atoms in total. The van der Waals surface area contributed by atoms with Gasteiger partial charge in [0, 0.05) is 54.4 Å². The van der Waals surface area contributed by atoms with E-state index in [1.54, 1.807) is 14.0 Å². The van der Waals surface area contributed by atoms with E-state index in [-0.39, 0.29) is 48.6 Å². The first-order valence-corrected chi connectivity index (χ1v) is 22.2. The number of aromatic hydroxyl groups is 1. The molecule has 2 bridgehead atoms. The number of hydrogen-bond acceptors (Lipinski definition) is 9. The van der Waals surface area contributed by atoms with Gasteiger partial charge >= 0.3 is 12.1 Å². The minimum atomic E-state index is -0.947. The van der Waals surface area contributed by atoms with Gasteiger partial charge in [-0.1, -0.05) is 91.0 Å². The van der Waals surface area contributed by atoms with Gasteiger partial charge in [-0.3, -0.25) is 4.68 Å². The van der Waals surface area contributed by atoms with Gasteiger partial charge < -0.3 is 29.1 Å². The quantitative estimate of drug-likeness (QED) is 0.127. The molecule has 0 radical (unpaired) electrons. The third-order valence-corrected chi connectivity index (χ3v) is 13.1. The molecule has 3 fully saturated rings. The van der Waals surface area contributed by atoms with Crippen LogP contribution >= 0.6 is 0 Å². The number of methoxy groups -OCH3 is 1. The lowest BCUT2D eigenvalue weighted by Crippen LogP contribution is -2.50. The van der Waals surface area contributed by atoms with Crippen molar-refractivity contribution in [3.05, 3.63) is 143 Å². The Bertz CT molecular complexity index is 2780. The summed E-state index contributed by atoms with van der Waals surface area (Å²) >= 11 is 0. The first-order valence-electron chi connectivity index (χ1n) is 22.2. The van der Waals surface area contributed by atoms with Crippen molar-refractivity contribution in [2.45, 2.75) is 89.1 Å². The van der Waals surface area contributed by atoms with Crippen molar-refractivity contribution < 1.29 is 28.5 Å². The van der Waals surface area contributed by atoms with Crippen LogP contribution in [0.25, 0.3) is 32.9 Å². The van der Waals surface area contributed by atoms with Gasteiger partial charge in [-0.25, -0.2) is 9.18 Å². The van der Waals surface area contributed by atoms with E-state index in [0.717, 1.165) is 41.5 Å². The number of hydrogen-bond donors (Lipinski definition) is 1. The molecule has 2 aromatic heterocycles. The zero-order valence-electron chi connectivity index (χ0n) is 37.1. The number of anilines is 1. The minimum absolute atomic E-state index is 0.0393. The maximum absolute atomic E-state index is 16.6. The molecule has 1 saturated carbocycles. The van der Waals surface area contributed by atoms with Crippen molar-refractivity contribution >= 4 is 33.7 Å². The molecule has 64 heavy (non-hydrogen) atoms. The number of halogens is 1. The fourth-order valence-electron chi connectivity index (χ4n) is 9.89. The second-order valence-corrected chi connectivity index (χ2v) is 18.5. The van der Waals surface area contributed by atoms with Crippen molar-refractivity contribution in [1.82, 2.24) is 24.6 Å². The number of phenolic OH excluding ortho intramolecular Hbond substituents is 1. The molecule has 2 saturated heterocycles. The molecule has 328 valence electrons. The number of nitrogens with zero attached hydrogens (tertiary/aromatic N) is 6. The first kappa shape index (κ1) is 41.5. The molecule has 5 aromatic carbocycles. The molecule has 3 atom stereocenters. The van der Waals surface area contributed by atoms with Gasteiger partial charge in [-0.05, 0) is 93.7 Å². The van der Waals surface area contributed by atoms with Crippen molar-refractivity contribution in [3.63, 3.8) is 0 Å². The summed E-state index contributed by atoms with van der Waals surface area (Å²) in [5.41, 5.74) is 4.53. The Morgan fingerprint density at radius 3 is 2.03 bits per heavy atom. The topological polar surface area (TPSA) is 115 Å². The van der Waals surface area contributed by atoms with Gasteiger partial charge in [-0.2, -0.15) is 15.1 Å². The maximum atomic E-state index is 16.6. The molecule has 1 amide bonds. The Labute approximate surface area is 372 Å². The van der Waals surface area contributed by atoms with Gasteiger partial charge in [-0.15, -0.1) is 0 Å². The van der Waals surface area contributed by atoms with E-state index in [4.69, 9.17) is 29.3 Å². The molecule has 2 aliphatic heterocycles. The smallest absolute Gasteiger partial charge is 0.410 e. The summed E-state index contributed by atoms with van der Waals surface area (Å²) < 4.78 is 36.0. The first-order chi connectivity index (χ1) is 30.8. The predicted octanol–water partition coefficient (Wildman–Crippen LogP) is 10.1. The van der Waals surface area contributed by atoms with Crippen molar-refractivity contribution in [3.8, 4) is 22.9 Å². The van der Waals surface area contributed by atoms with Crippen LogP contribution in [0.3, 0.4) is 0 Å². The summed E-state index contributed by atoms with van der Waals surface area (Å²) in [6.45, 7) is 10.5. The third-order valence-electron chi connectivity index (χ3n) is 13.1. The number of ether oxygens (including phenoxy) is 3. The van der Waals surface area contributed by atoms with E-state index in [2.05, 4.69) is 47.4 Å². The molecule has 12 heteroatoms. The number of likely N-dealkylation sites (tertiary alicyclic amines) is 1. The van der Waals surface area contributed by atoms with Gasteiger partial charge in [0.15, 0.2) is 0 Å². The fourth-order valence-corrected chi connectivity index (χ4v) is 9.89. The zero-order valence-corrected chi connectivity index (χ0v) is 37.1. The molecule has 4 heterocycles. The Balaban J connectivity index is 1.18. The second-order valence-electron chi connectivity index (χ2n) is 18.5. The van der Waals surface area contributed by atoms with E-state index in [9.17, 15) is 9.90 Å². The van der Waals surface area contributed by atoms with Crippen LogP contribution < -0.4 is 9.64 Å². The highest BCUT2D eigenvalue weighted by molar-refractivity contribution is 6.06. The van der Waals surface area contributed by atoms with Crippen molar-refractivity contribution in [2.75, 3.05) is 31.7 Å². The third kappa shape index (κ3) is 7.08. The average Bonchev–Trinajstić information content (AvgIpc) is 3.73. The molecular weight excluding hydrogens is 808 g/mol. The SMILES string of the molecule is CO[C@@H](C)COc1nc(N2C[C@@H]3C[C@H]2CN3C(=O)OC(C)(C)C)c2cc(C3CC3)c(-c3c(C)c(F)cc4nn(C(c5ccccc5)(c5ccccc5)c5ccccc5)cc34)c(O)c2n1. The van der Waals surface area contributed by atoms with Crippen LogP contribution in [0.1, 0.15) is 80.7 Å². The second kappa shape index (κ2) is 15.9. The number of carbonyl (C=O) groups is 1. The summed E-state index contributed by atoms with van der Waals surface area (Å²) in [5.74, 6) is 0.245. The van der Waals surface area contributed by atoms with Gasteiger partial charge in [0.2, 0.25) is 0 Å². The molecule has 3 aliphatic rings. The number of aromatic nitrogens is 4. The van der Waals surface area contributed by atoms with Crippen LogP contribution in [0.5, 0.6) is 11.8 Å². The van der Waals surface area contributed by atoms with E-state index in [0.29, 0.717) is 57.4 Å². The lowest BCUT2D eigenvalue weighted by molar-refractivity contribution is 0.0214. The highest BCUT2D eigenvalue weighted by atomic mass is 19.1. The summed E-state index contributed by atoms with van der Waals surface area (Å²) in [5, 5.41) is 19.5. The number of benzene rings is 5. The summed E-state index contributed by atoms with van der Waals surface area (Å²) in [6.07, 6.45) is 4.02. The number of fused-ring (bicyclic) bond motifs is 4. The van der Waals surface area contributed by atoms with E-state index >= 15 is 4.39 Å². The highest BCUT2D eigenvalue weighted by Gasteiger charge is 2.48. The highest BCUT2D eigenvalue weighted by Crippen LogP contribution is 2.54. The summed E-state index contributed by atoms with van der Waals surface area (Å²) in [4.78, 5) is 27.2. The Morgan fingerprint density at radius 1 is 0.859 bits per heavy atom. The molecule has 0 spiro atoms. The summed E-state index contributed by atoms with van der Waals surface area (Å²) in [6, 6.07) is 34.3. The lowest BCUT2D eigenvalue weighted by Gasteiger charge is -2.36. The number of rotatable bonds is 11. The Hall–Kier alpha value is -6.53. The monoisotopic (exact) mass is 860 g/mol. The van der Waals surface area contributed by atoms with Crippen LogP contribution in [-0.2, 0) is 15.0 Å². The standard InChI is InChI=1S/C52H53FN6O5/c1-31(62-6)30-63-49-54-46-40(48(55-49)57-27-38-24-37(57)28-58(38)50(61)64-51(3,4)5)25-39(33-22-23-33)45(47(46)60)44-32(2)42(53)26-43-41(44)29-59(56-43)52(34-16-10-7-11-17-34,35-18-12-8-13-19-35)36-20-14-9-15-21-36/h7-21,25-26,29,31,33,37-38,60H,22-24,27-28,30H2,1-6H3/t31-,37-,38-/m0/s1. The van der Waals surface area contributed by atoms with Gasteiger partial charge in [0.1, 0.15) is 40.6 Å². The number of piperazine rings is 1. The Kier molecular flexibility index (Phi) is 10.3. The number of carbonyl (C=O) groups excluding carboxylic acids is 1. The number of phenols is 1. The molecule has 7 aromatic rings. The van der Waals surface area contributed by atoms with E-state index in [1.165, 1.54) is 6.07 Å². The van der Waals surface area contributed by atoms with Crippen LogP contribution in [0.2, 0.25) is 0 Å². The van der Waals surface area contributed by atoms with Crippen molar-refractivity contribution in [2.24, 2.45) is 0 Å². The van der Waals surface area contributed by atoms with E-state index < -0.39 is 17.0 Å². The predicted molar refractivity (Wildman–Crippen MR) is 246 cm³/mol. The zero-order chi connectivity index (χ0) is 44.5. The van der Waals surface area contributed by atoms with Crippen LogP contribution in [0, 0.1) is 12.7 Å². The van der Waals surface area contributed by atoms with Gasteiger partial charge in [0.25, 0.3) is 0 Å². The summed E-state index contributed by atoms with van der Waals surface area (Å²) in [7, 11) is 1.61. The Morgan fingerprint density at radius 2 is 1.48 bits per heavy atom. The molecule has 0 unspecified atom stereocenters. The van der Waals surface area contributed by atoms with Crippen LogP contribution in [0.4, 0.5) is 15.0 Å².